The minimum Gasteiger partial charge on any atom is -0.402 e. The van der Waals surface area contributed by atoms with Gasteiger partial charge >= 0.3 is 7.12 Å². The van der Waals surface area contributed by atoms with Crippen molar-refractivity contribution in [1.82, 2.24) is 0 Å². The number of hydrogen-bond acceptors (Lipinski definition) is 3. The largest absolute Gasteiger partial charge is 0.480 e. The smallest absolute Gasteiger partial charge is 0.402 e. The second kappa shape index (κ2) is 4.62. The molecule has 0 amide bonds. The van der Waals surface area contributed by atoms with Crippen molar-refractivity contribution in [2.45, 2.75) is 58.7 Å². The summed E-state index contributed by atoms with van der Waals surface area (Å²) < 4.78 is 12.1. The first-order valence-electron chi connectivity index (χ1n) is 6.82. The lowest BCUT2D eigenvalue weighted by molar-refractivity contribution is 0.00578. The normalized spacial score (nSPS) is 22.6. The molecule has 1 heterocycles. The van der Waals surface area contributed by atoms with E-state index in [-0.39, 0.29) is 17.1 Å². The molecule has 1 aliphatic heterocycles. The summed E-state index contributed by atoms with van der Waals surface area (Å²) in [4.78, 5) is 0. The average molecular weight is 261 g/mol. The van der Waals surface area contributed by atoms with Crippen LogP contribution in [0.2, 0.25) is 0 Å². The van der Waals surface area contributed by atoms with Crippen LogP contribution in [-0.2, 0) is 9.31 Å². The van der Waals surface area contributed by atoms with Gasteiger partial charge in [0.25, 0.3) is 0 Å². The van der Waals surface area contributed by atoms with Gasteiger partial charge in [-0.15, -0.1) is 0 Å². The molecule has 3 nitrogen and oxygen atoms in total. The molecule has 1 aliphatic rings. The van der Waals surface area contributed by atoms with Crippen LogP contribution < -0.4 is 5.73 Å². The number of rotatable bonds is 2. The van der Waals surface area contributed by atoms with Gasteiger partial charge in [0.1, 0.15) is 0 Å². The van der Waals surface area contributed by atoms with Crippen LogP contribution in [0.1, 0.15) is 50.3 Å². The van der Waals surface area contributed by atoms with Gasteiger partial charge < -0.3 is 15.0 Å². The van der Waals surface area contributed by atoms with E-state index in [2.05, 4.69) is 32.0 Å². The van der Waals surface area contributed by atoms with Gasteiger partial charge in [0.15, 0.2) is 0 Å². The van der Waals surface area contributed by atoms with E-state index < -0.39 is 7.12 Å². The summed E-state index contributed by atoms with van der Waals surface area (Å²) in [7, 11) is -0.398. The molecular weight excluding hydrogens is 237 g/mol. The molecule has 104 valence electrons. The number of aryl methyl sites for hydroxylation is 2. The Hall–Kier alpha value is -0.835. The Kier molecular flexibility index (Phi) is 3.54. The quantitative estimate of drug-likeness (QED) is 0.832. The molecule has 1 aromatic rings. The Labute approximate surface area is 116 Å². The van der Waals surface area contributed by atoms with E-state index >= 15 is 0 Å². The standard InChI is InChI=1S/C15H24BNO2/c1-10-7-8-11(2)12(9-10)13(17)16-18-14(3,4)15(5,6)19-16/h7-9,13H,17H2,1-6H3/t13-/m0/s1. The number of hydrogen-bond donors (Lipinski definition) is 1. The van der Waals surface area contributed by atoms with Gasteiger partial charge in [-0.1, -0.05) is 23.8 Å². The highest BCUT2D eigenvalue weighted by Crippen LogP contribution is 2.39. The van der Waals surface area contributed by atoms with E-state index in [1.54, 1.807) is 0 Å². The predicted molar refractivity (Wildman–Crippen MR) is 78.9 cm³/mol. The molecule has 0 radical (unpaired) electrons. The third kappa shape index (κ3) is 2.57. The van der Waals surface area contributed by atoms with E-state index in [0.29, 0.717) is 0 Å². The highest BCUT2D eigenvalue weighted by molar-refractivity contribution is 6.47. The van der Waals surface area contributed by atoms with Crippen molar-refractivity contribution in [2.75, 3.05) is 0 Å². The second-order valence-corrected chi connectivity index (χ2v) is 6.51. The Morgan fingerprint density at radius 3 is 2.11 bits per heavy atom. The first-order valence-corrected chi connectivity index (χ1v) is 6.82. The minimum atomic E-state index is -0.398. The van der Waals surface area contributed by atoms with Crippen LogP contribution in [-0.4, -0.2) is 18.3 Å². The van der Waals surface area contributed by atoms with E-state index in [1.807, 2.05) is 27.7 Å². The van der Waals surface area contributed by atoms with Gasteiger partial charge in [-0.25, -0.2) is 0 Å². The lowest BCUT2D eigenvalue weighted by atomic mass is 9.73. The fraction of sp³-hybridized carbons (Fsp3) is 0.600. The highest BCUT2D eigenvalue weighted by atomic mass is 16.7. The maximum atomic E-state index is 6.36. The van der Waals surface area contributed by atoms with Crippen LogP contribution in [0.3, 0.4) is 0 Å². The topological polar surface area (TPSA) is 44.5 Å². The summed E-state index contributed by atoms with van der Waals surface area (Å²) in [5.41, 5.74) is 9.15. The predicted octanol–water partition coefficient (Wildman–Crippen LogP) is 2.93. The van der Waals surface area contributed by atoms with Crippen molar-refractivity contribution in [3.05, 3.63) is 34.9 Å². The van der Waals surface area contributed by atoms with Crippen molar-refractivity contribution in [3.63, 3.8) is 0 Å². The van der Waals surface area contributed by atoms with E-state index in [1.165, 1.54) is 11.1 Å². The fourth-order valence-electron chi connectivity index (χ4n) is 2.30. The first kappa shape index (κ1) is 14.6. The van der Waals surface area contributed by atoms with Gasteiger partial charge in [0.05, 0.1) is 17.1 Å². The zero-order chi connectivity index (χ0) is 14.4. The van der Waals surface area contributed by atoms with Gasteiger partial charge in [0, 0.05) is 0 Å². The van der Waals surface area contributed by atoms with Crippen LogP contribution in [0.25, 0.3) is 0 Å². The molecule has 1 fully saturated rings. The van der Waals surface area contributed by atoms with Crippen LogP contribution in [0.4, 0.5) is 0 Å². The van der Waals surface area contributed by atoms with E-state index in [0.717, 1.165) is 5.56 Å². The molecule has 1 aromatic carbocycles. The summed E-state index contributed by atoms with van der Waals surface area (Å²) in [6, 6.07) is 6.30. The average Bonchev–Trinajstić information content (AvgIpc) is 2.51. The lowest BCUT2D eigenvalue weighted by Gasteiger charge is -2.32. The minimum absolute atomic E-state index is 0.263. The fourth-order valence-corrected chi connectivity index (χ4v) is 2.30. The van der Waals surface area contributed by atoms with Crippen LogP contribution in [0, 0.1) is 13.8 Å². The summed E-state index contributed by atoms with van der Waals surface area (Å²) in [5.74, 6) is -0.263. The maximum absolute atomic E-state index is 6.36. The van der Waals surface area contributed by atoms with Gasteiger partial charge in [-0.05, 0) is 52.7 Å². The summed E-state index contributed by atoms with van der Waals surface area (Å²) in [6.45, 7) is 12.3. The Bertz CT molecular complexity index is 469. The molecule has 0 saturated carbocycles. The molecule has 1 saturated heterocycles. The van der Waals surface area contributed by atoms with Crippen molar-refractivity contribution < 1.29 is 9.31 Å². The molecule has 0 spiro atoms. The third-order valence-electron chi connectivity index (χ3n) is 4.36. The molecule has 0 aromatic heterocycles. The second-order valence-electron chi connectivity index (χ2n) is 6.51. The number of benzene rings is 1. The van der Waals surface area contributed by atoms with Crippen molar-refractivity contribution in [2.24, 2.45) is 5.73 Å². The van der Waals surface area contributed by atoms with Crippen LogP contribution in [0.15, 0.2) is 18.2 Å². The van der Waals surface area contributed by atoms with Gasteiger partial charge in [0.2, 0.25) is 0 Å². The molecule has 1 atom stereocenters. The molecule has 0 aliphatic carbocycles. The Morgan fingerprint density at radius 1 is 1.05 bits per heavy atom. The van der Waals surface area contributed by atoms with Crippen molar-refractivity contribution in [1.29, 1.82) is 0 Å². The Balaban J connectivity index is 2.27. The molecule has 0 unspecified atom stereocenters. The van der Waals surface area contributed by atoms with Gasteiger partial charge in [-0.2, -0.15) is 0 Å². The van der Waals surface area contributed by atoms with E-state index in [4.69, 9.17) is 15.0 Å². The van der Waals surface area contributed by atoms with Crippen molar-refractivity contribution in [3.8, 4) is 0 Å². The lowest BCUT2D eigenvalue weighted by Crippen LogP contribution is -2.41. The van der Waals surface area contributed by atoms with Crippen LogP contribution >= 0.6 is 0 Å². The first-order chi connectivity index (χ1) is 8.64. The molecule has 0 bridgehead atoms. The summed E-state index contributed by atoms with van der Waals surface area (Å²) in [6.07, 6.45) is 0. The maximum Gasteiger partial charge on any atom is 0.480 e. The Morgan fingerprint density at radius 2 is 1.58 bits per heavy atom. The van der Waals surface area contributed by atoms with Gasteiger partial charge in [-0.3, -0.25) is 0 Å². The molecule has 2 rings (SSSR count). The third-order valence-corrected chi connectivity index (χ3v) is 4.36. The molecule has 19 heavy (non-hydrogen) atoms. The monoisotopic (exact) mass is 261 g/mol. The molecule has 4 heteroatoms. The number of nitrogens with two attached hydrogens (primary N) is 1. The highest BCUT2D eigenvalue weighted by Gasteiger charge is 2.53. The summed E-state index contributed by atoms with van der Waals surface area (Å²) >= 11 is 0. The summed E-state index contributed by atoms with van der Waals surface area (Å²) in [5, 5.41) is 0. The van der Waals surface area contributed by atoms with Crippen LogP contribution in [0.5, 0.6) is 0 Å². The molecule has 2 N–H and O–H groups in total. The zero-order valence-corrected chi connectivity index (χ0v) is 12.8. The SMILES string of the molecule is Cc1ccc(C)c([C@H](N)B2OC(C)(C)C(C)(C)O2)c1. The van der Waals surface area contributed by atoms with E-state index in [9.17, 15) is 0 Å². The van der Waals surface area contributed by atoms with Crippen molar-refractivity contribution >= 4 is 7.12 Å². The molecular formula is C15H24BNO2. The zero-order valence-electron chi connectivity index (χ0n) is 12.8.